The molecule has 24 heavy (non-hydrogen) atoms. The molecule has 0 saturated heterocycles. The molecule has 2 aromatic rings. The Kier molecular flexibility index (Phi) is 7.12. The second-order valence-electron chi connectivity index (χ2n) is 6.68. The van der Waals surface area contributed by atoms with E-state index >= 15 is 0 Å². The molecule has 0 spiro atoms. The third kappa shape index (κ3) is 4.98. The van der Waals surface area contributed by atoms with Crippen molar-refractivity contribution in [3.8, 4) is 0 Å². The molecule has 0 aliphatic rings. The van der Waals surface area contributed by atoms with Crippen LogP contribution in [0.15, 0.2) is 48.5 Å². The van der Waals surface area contributed by atoms with Crippen molar-refractivity contribution in [1.29, 1.82) is 0 Å². The number of rotatable bonds is 8. The smallest absolute Gasteiger partial charge is 0.0361 e. The van der Waals surface area contributed by atoms with Gasteiger partial charge in [-0.1, -0.05) is 44.0 Å². The zero-order chi connectivity index (χ0) is 17.5. The number of hydrogen-bond acceptors (Lipinski definition) is 2. The maximum absolute atomic E-state index is 2.33. The summed E-state index contributed by atoms with van der Waals surface area (Å²) in [5, 5.41) is 2.98. The minimum absolute atomic E-state index is 0.263. The van der Waals surface area contributed by atoms with Crippen LogP contribution in [0.25, 0.3) is 0 Å². The molecule has 0 bridgehead atoms. The summed E-state index contributed by atoms with van der Waals surface area (Å²) in [5.41, 5.74) is 2.54. The number of unbranched alkanes of at least 4 members (excludes halogenated alkanes) is 2. The molecular weight excluding hydrogens is 311 g/mol. The van der Waals surface area contributed by atoms with Crippen LogP contribution in [0.5, 0.6) is 0 Å². The van der Waals surface area contributed by atoms with E-state index < -0.39 is 0 Å². The van der Waals surface area contributed by atoms with Gasteiger partial charge in [0.25, 0.3) is 0 Å². The van der Waals surface area contributed by atoms with Gasteiger partial charge in [0.15, 0.2) is 0 Å². The Morgan fingerprint density at radius 1 is 0.667 bits per heavy atom. The van der Waals surface area contributed by atoms with Crippen LogP contribution in [-0.2, 0) is 0 Å². The second-order valence-corrected chi connectivity index (χ2v) is 9.02. The Hall–Kier alpha value is -1.53. The first-order valence-corrected chi connectivity index (χ1v) is 10.4. The van der Waals surface area contributed by atoms with Gasteiger partial charge < -0.3 is 9.80 Å². The molecule has 0 saturated carbocycles. The number of anilines is 2. The summed E-state index contributed by atoms with van der Waals surface area (Å²) in [6.45, 7) is 2.28. The molecule has 3 heteroatoms. The summed E-state index contributed by atoms with van der Waals surface area (Å²) >= 11 is 0. The van der Waals surface area contributed by atoms with Crippen LogP contribution >= 0.6 is 7.92 Å². The highest BCUT2D eigenvalue weighted by atomic mass is 31.1. The fourth-order valence-electron chi connectivity index (χ4n) is 2.79. The molecule has 0 atom stereocenters. The molecule has 2 nitrogen and oxygen atoms in total. The Bertz CT molecular complexity index is 551. The van der Waals surface area contributed by atoms with E-state index in [1.165, 1.54) is 47.4 Å². The molecule has 0 aliphatic carbocycles. The molecule has 0 aromatic heterocycles. The highest BCUT2D eigenvalue weighted by Gasteiger charge is 2.14. The zero-order valence-corrected chi connectivity index (χ0v) is 16.7. The number of nitrogens with zero attached hydrogens (tertiary/aromatic N) is 2. The fourth-order valence-corrected chi connectivity index (χ4v) is 5.16. The van der Waals surface area contributed by atoms with Crippen molar-refractivity contribution in [3.63, 3.8) is 0 Å². The summed E-state index contributed by atoms with van der Waals surface area (Å²) in [6, 6.07) is 18.3. The lowest BCUT2D eigenvalue weighted by Crippen LogP contribution is -2.16. The standard InChI is InChI=1S/C21H31N2P/c1-6-7-8-17-24(20-13-9-18(10-14-20)22(2)3)21-15-11-19(12-16-21)23(4)5/h9-16H,6-8,17H2,1-5H3. The van der Waals surface area contributed by atoms with Crippen LogP contribution in [0, 0.1) is 0 Å². The van der Waals surface area contributed by atoms with Gasteiger partial charge in [-0.3, -0.25) is 0 Å². The van der Waals surface area contributed by atoms with Crippen molar-refractivity contribution in [2.45, 2.75) is 26.2 Å². The van der Waals surface area contributed by atoms with Crippen molar-refractivity contribution in [1.82, 2.24) is 0 Å². The maximum atomic E-state index is 2.33. The first-order valence-electron chi connectivity index (χ1n) is 8.85. The van der Waals surface area contributed by atoms with Gasteiger partial charge in [0.2, 0.25) is 0 Å². The van der Waals surface area contributed by atoms with Crippen LogP contribution in [0.4, 0.5) is 11.4 Å². The highest BCUT2D eigenvalue weighted by Crippen LogP contribution is 2.36. The molecule has 0 amide bonds. The predicted octanol–water partition coefficient (Wildman–Crippen LogP) is 4.44. The number of benzene rings is 2. The summed E-state index contributed by atoms with van der Waals surface area (Å²) < 4.78 is 0. The third-order valence-electron chi connectivity index (χ3n) is 4.34. The average Bonchev–Trinajstić information content (AvgIpc) is 2.59. The van der Waals surface area contributed by atoms with E-state index in [2.05, 4.69) is 93.4 Å². The molecule has 2 rings (SSSR count). The lowest BCUT2D eigenvalue weighted by Gasteiger charge is -2.21. The monoisotopic (exact) mass is 342 g/mol. The quantitative estimate of drug-likeness (QED) is 0.517. The van der Waals surface area contributed by atoms with Crippen molar-refractivity contribution in [2.75, 3.05) is 44.2 Å². The van der Waals surface area contributed by atoms with E-state index in [-0.39, 0.29) is 7.92 Å². The predicted molar refractivity (Wildman–Crippen MR) is 112 cm³/mol. The van der Waals surface area contributed by atoms with Gasteiger partial charge >= 0.3 is 0 Å². The lowest BCUT2D eigenvalue weighted by molar-refractivity contribution is 0.777. The van der Waals surface area contributed by atoms with Gasteiger partial charge in [-0.2, -0.15) is 0 Å². The van der Waals surface area contributed by atoms with Gasteiger partial charge in [-0.05, 0) is 55.4 Å². The molecule has 0 aliphatic heterocycles. The largest absolute Gasteiger partial charge is 0.378 e. The van der Waals surface area contributed by atoms with Crippen LogP contribution in [0.1, 0.15) is 26.2 Å². The van der Waals surface area contributed by atoms with Crippen LogP contribution in [0.3, 0.4) is 0 Å². The minimum Gasteiger partial charge on any atom is -0.378 e. The molecule has 0 heterocycles. The Labute approximate surface area is 149 Å². The van der Waals surface area contributed by atoms with E-state index in [4.69, 9.17) is 0 Å². The zero-order valence-electron chi connectivity index (χ0n) is 15.8. The molecule has 0 N–H and O–H groups in total. The molecule has 0 radical (unpaired) electrons. The van der Waals surface area contributed by atoms with Gasteiger partial charge in [-0.25, -0.2) is 0 Å². The van der Waals surface area contributed by atoms with Crippen LogP contribution in [0.2, 0.25) is 0 Å². The van der Waals surface area contributed by atoms with Crippen molar-refractivity contribution in [3.05, 3.63) is 48.5 Å². The summed E-state index contributed by atoms with van der Waals surface area (Å²) in [6.07, 6.45) is 5.20. The van der Waals surface area contributed by atoms with Gasteiger partial charge in [0.05, 0.1) is 0 Å². The lowest BCUT2D eigenvalue weighted by atomic mass is 10.3. The topological polar surface area (TPSA) is 6.48 Å². The van der Waals surface area contributed by atoms with Crippen molar-refractivity contribution >= 4 is 29.9 Å². The maximum Gasteiger partial charge on any atom is 0.0361 e. The van der Waals surface area contributed by atoms with Gasteiger partial charge in [0.1, 0.15) is 0 Å². The average molecular weight is 342 g/mol. The molecule has 2 aromatic carbocycles. The number of hydrogen-bond donors (Lipinski definition) is 0. The first kappa shape index (κ1) is 18.8. The summed E-state index contributed by atoms with van der Waals surface area (Å²) in [7, 11) is 8.12. The van der Waals surface area contributed by atoms with Crippen molar-refractivity contribution < 1.29 is 0 Å². The minimum atomic E-state index is -0.263. The third-order valence-corrected chi connectivity index (χ3v) is 6.95. The Balaban J connectivity index is 2.26. The Morgan fingerprint density at radius 3 is 1.42 bits per heavy atom. The van der Waals surface area contributed by atoms with Crippen LogP contribution in [-0.4, -0.2) is 34.4 Å². The van der Waals surface area contributed by atoms with E-state index in [1.54, 1.807) is 0 Å². The van der Waals surface area contributed by atoms with Gasteiger partial charge in [0, 0.05) is 39.6 Å². The highest BCUT2D eigenvalue weighted by molar-refractivity contribution is 7.73. The molecular formula is C21H31N2P. The van der Waals surface area contributed by atoms with E-state index in [1.807, 2.05) is 0 Å². The SMILES string of the molecule is CCCCCP(c1ccc(N(C)C)cc1)c1ccc(N(C)C)cc1. The first-order chi connectivity index (χ1) is 11.5. The Morgan fingerprint density at radius 2 is 1.08 bits per heavy atom. The van der Waals surface area contributed by atoms with E-state index in [0.717, 1.165) is 0 Å². The van der Waals surface area contributed by atoms with E-state index in [9.17, 15) is 0 Å². The summed E-state index contributed by atoms with van der Waals surface area (Å²) in [5.74, 6) is 0. The normalized spacial score (nSPS) is 10.9. The molecule has 130 valence electrons. The van der Waals surface area contributed by atoms with Crippen molar-refractivity contribution in [2.24, 2.45) is 0 Å². The fraction of sp³-hybridized carbons (Fsp3) is 0.429. The van der Waals surface area contributed by atoms with Crippen LogP contribution < -0.4 is 20.4 Å². The second kappa shape index (κ2) is 9.08. The van der Waals surface area contributed by atoms with Gasteiger partial charge in [-0.15, -0.1) is 0 Å². The molecule has 0 unspecified atom stereocenters. The van der Waals surface area contributed by atoms with E-state index in [0.29, 0.717) is 0 Å². The summed E-state index contributed by atoms with van der Waals surface area (Å²) in [4.78, 5) is 4.32. The molecule has 0 fully saturated rings.